The lowest BCUT2D eigenvalue weighted by atomic mass is 10.1. The monoisotopic (exact) mass is 342 g/mol. The summed E-state index contributed by atoms with van der Waals surface area (Å²) in [5, 5.41) is 0.736. The Bertz CT molecular complexity index is 1190. The van der Waals surface area contributed by atoms with Crippen LogP contribution in [0.5, 0.6) is 0 Å². The molecule has 0 amide bonds. The number of hydrogen-bond acceptors (Lipinski definition) is 3. The van der Waals surface area contributed by atoms with Gasteiger partial charge in [-0.15, -0.1) is 0 Å². The van der Waals surface area contributed by atoms with Crippen molar-refractivity contribution in [2.45, 2.75) is 13.5 Å². The van der Waals surface area contributed by atoms with E-state index in [1.807, 2.05) is 37.4 Å². The maximum Gasteiger partial charge on any atom is 0.153 e. The number of imidazole rings is 1. The van der Waals surface area contributed by atoms with Crippen LogP contribution in [-0.2, 0) is 6.54 Å². The van der Waals surface area contributed by atoms with Crippen molar-refractivity contribution in [2.24, 2.45) is 0 Å². The maximum absolute atomic E-state index is 14.0. The lowest BCUT2D eigenvalue weighted by molar-refractivity contribution is 0.636. The summed E-state index contributed by atoms with van der Waals surface area (Å²) in [6.45, 7) is 2.70. The largest absolute Gasteiger partial charge is 0.326 e. The van der Waals surface area contributed by atoms with E-state index in [2.05, 4.69) is 26.7 Å². The lowest BCUT2D eigenvalue weighted by Crippen LogP contribution is -1.95. The van der Waals surface area contributed by atoms with E-state index in [0.29, 0.717) is 11.3 Å². The molecule has 26 heavy (non-hydrogen) atoms. The fourth-order valence-corrected chi connectivity index (χ4v) is 3.44. The van der Waals surface area contributed by atoms with Crippen molar-refractivity contribution in [3.05, 3.63) is 77.3 Å². The molecule has 4 nitrogen and oxygen atoms in total. The summed E-state index contributed by atoms with van der Waals surface area (Å²) in [5.74, 6) is 1.12. The zero-order chi connectivity index (χ0) is 17.7. The first-order valence-corrected chi connectivity index (χ1v) is 8.45. The van der Waals surface area contributed by atoms with Crippen LogP contribution in [-0.4, -0.2) is 19.5 Å². The summed E-state index contributed by atoms with van der Waals surface area (Å²) >= 11 is 0. The van der Waals surface area contributed by atoms with Crippen LogP contribution in [0.1, 0.15) is 22.8 Å². The van der Waals surface area contributed by atoms with Crippen molar-refractivity contribution in [2.75, 3.05) is 0 Å². The van der Waals surface area contributed by atoms with Gasteiger partial charge in [-0.05, 0) is 30.7 Å². The molecule has 126 valence electrons. The molecule has 0 spiro atoms. The second-order valence-corrected chi connectivity index (χ2v) is 6.41. The third-order valence-corrected chi connectivity index (χ3v) is 4.68. The Morgan fingerprint density at radius 3 is 2.81 bits per heavy atom. The minimum atomic E-state index is -0.333. The summed E-state index contributed by atoms with van der Waals surface area (Å²) < 4.78 is 16.2. The van der Waals surface area contributed by atoms with Crippen LogP contribution in [0.2, 0.25) is 0 Å². The van der Waals surface area contributed by atoms with Crippen LogP contribution in [0, 0.1) is 12.7 Å². The number of benzene rings is 2. The highest BCUT2D eigenvalue weighted by Crippen LogP contribution is 2.31. The van der Waals surface area contributed by atoms with Gasteiger partial charge in [-0.2, -0.15) is 0 Å². The molecular weight excluding hydrogens is 327 g/mol. The smallest absolute Gasteiger partial charge is 0.153 e. The van der Waals surface area contributed by atoms with Crippen LogP contribution < -0.4 is 0 Å². The highest BCUT2D eigenvalue weighted by Gasteiger charge is 2.19. The summed E-state index contributed by atoms with van der Waals surface area (Å²) in [6.07, 6.45) is 5.67. The predicted octanol–water partition coefficient (Wildman–Crippen LogP) is 4.47. The number of nitrogens with zero attached hydrogens (tertiary/aromatic N) is 4. The van der Waals surface area contributed by atoms with Crippen LogP contribution in [0.4, 0.5) is 4.39 Å². The number of fused-ring (bicyclic) bond motifs is 4. The van der Waals surface area contributed by atoms with Crippen LogP contribution >= 0.6 is 0 Å². The number of para-hydroxylation sites is 1. The van der Waals surface area contributed by atoms with E-state index >= 15 is 0 Å². The Kier molecular flexibility index (Phi) is 3.22. The number of halogens is 1. The standard InChI is InChI=1S/C21H15FN4/c1-13-16-7-4-8-18(22)20(16)25-19(23-13)10-9-15-12-26-11-14-5-2-3-6-17(14)21(26)24-15/h2-10,12H,11H2,1H3/b10-9+. The molecule has 0 N–H and O–H groups in total. The fourth-order valence-electron chi connectivity index (χ4n) is 3.44. The van der Waals surface area contributed by atoms with E-state index < -0.39 is 0 Å². The number of aryl methyl sites for hydroxylation is 1. The Morgan fingerprint density at radius 1 is 1.00 bits per heavy atom. The van der Waals surface area contributed by atoms with Crippen molar-refractivity contribution in [1.82, 2.24) is 19.5 Å². The molecule has 5 heteroatoms. The van der Waals surface area contributed by atoms with E-state index in [-0.39, 0.29) is 5.82 Å². The Balaban J connectivity index is 1.51. The summed E-state index contributed by atoms with van der Waals surface area (Å²) in [6, 6.07) is 13.2. The van der Waals surface area contributed by atoms with Gasteiger partial charge in [0.05, 0.1) is 5.69 Å². The first-order valence-electron chi connectivity index (χ1n) is 8.45. The molecule has 3 heterocycles. The normalized spacial score (nSPS) is 12.7. The molecule has 0 atom stereocenters. The zero-order valence-electron chi connectivity index (χ0n) is 14.1. The van der Waals surface area contributed by atoms with Crippen molar-refractivity contribution in [1.29, 1.82) is 0 Å². The Hall–Kier alpha value is -3.34. The van der Waals surface area contributed by atoms with Gasteiger partial charge in [-0.3, -0.25) is 0 Å². The number of hydrogen-bond donors (Lipinski definition) is 0. The molecule has 5 rings (SSSR count). The summed E-state index contributed by atoms with van der Waals surface area (Å²) in [5.41, 5.74) is 4.40. The minimum absolute atomic E-state index is 0.333. The van der Waals surface area contributed by atoms with Crippen molar-refractivity contribution in [3.8, 4) is 11.4 Å². The van der Waals surface area contributed by atoms with Crippen LogP contribution in [0.15, 0.2) is 48.7 Å². The number of aromatic nitrogens is 4. The Labute approximate surface area is 149 Å². The minimum Gasteiger partial charge on any atom is -0.326 e. The molecule has 0 unspecified atom stereocenters. The van der Waals surface area contributed by atoms with Gasteiger partial charge in [-0.25, -0.2) is 19.3 Å². The SMILES string of the molecule is Cc1nc(/C=C/c2cn3c(n2)-c2ccccc2C3)nc2c(F)cccc12. The second kappa shape index (κ2) is 5.59. The van der Waals surface area contributed by atoms with Gasteiger partial charge < -0.3 is 4.57 Å². The molecule has 2 aromatic heterocycles. The highest BCUT2D eigenvalue weighted by molar-refractivity contribution is 5.82. The first-order chi connectivity index (χ1) is 12.7. The predicted molar refractivity (Wildman–Crippen MR) is 99.9 cm³/mol. The molecule has 1 aliphatic rings. The summed E-state index contributed by atoms with van der Waals surface area (Å²) in [7, 11) is 0. The molecule has 2 aromatic carbocycles. The van der Waals surface area contributed by atoms with Gasteiger partial charge in [0.1, 0.15) is 17.2 Å². The molecule has 0 saturated heterocycles. The lowest BCUT2D eigenvalue weighted by Gasteiger charge is -2.03. The van der Waals surface area contributed by atoms with Gasteiger partial charge in [0, 0.05) is 29.4 Å². The van der Waals surface area contributed by atoms with Gasteiger partial charge in [0.2, 0.25) is 0 Å². The molecular formula is C21H15FN4. The molecule has 0 fully saturated rings. The van der Waals surface area contributed by atoms with E-state index in [9.17, 15) is 4.39 Å². The maximum atomic E-state index is 14.0. The van der Waals surface area contributed by atoms with Crippen molar-refractivity contribution >= 4 is 23.1 Å². The molecule has 0 radical (unpaired) electrons. The first kappa shape index (κ1) is 15.0. The van der Waals surface area contributed by atoms with Crippen molar-refractivity contribution < 1.29 is 4.39 Å². The molecule has 0 bridgehead atoms. The summed E-state index contributed by atoms with van der Waals surface area (Å²) in [4.78, 5) is 13.5. The third kappa shape index (κ3) is 2.32. The highest BCUT2D eigenvalue weighted by atomic mass is 19.1. The van der Waals surface area contributed by atoms with Gasteiger partial charge in [0.25, 0.3) is 0 Å². The van der Waals surface area contributed by atoms with E-state index in [4.69, 9.17) is 4.98 Å². The molecule has 4 aromatic rings. The second-order valence-electron chi connectivity index (χ2n) is 6.41. The van der Waals surface area contributed by atoms with Crippen LogP contribution in [0.25, 0.3) is 34.4 Å². The van der Waals surface area contributed by atoms with Gasteiger partial charge in [0.15, 0.2) is 5.82 Å². The Morgan fingerprint density at radius 2 is 1.88 bits per heavy atom. The zero-order valence-corrected chi connectivity index (χ0v) is 14.1. The quantitative estimate of drug-likeness (QED) is 0.475. The van der Waals surface area contributed by atoms with E-state index in [1.54, 1.807) is 12.1 Å². The molecule has 0 aliphatic carbocycles. The average molecular weight is 342 g/mol. The van der Waals surface area contributed by atoms with E-state index in [1.165, 1.54) is 17.2 Å². The molecule has 1 aliphatic heterocycles. The fraction of sp³-hybridized carbons (Fsp3) is 0.0952. The van der Waals surface area contributed by atoms with Crippen molar-refractivity contribution in [3.63, 3.8) is 0 Å². The van der Waals surface area contributed by atoms with Crippen LogP contribution in [0.3, 0.4) is 0 Å². The van der Waals surface area contributed by atoms with Gasteiger partial charge in [-0.1, -0.05) is 36.4 Å². The molecule has 0 saturated carbocycles. The topological polar surface area (TPSA) is 43.6 Å². The third-order valence-electron chi connectivity index (χ3n) is 4.68. The average Bonchev–Trinajstić information content (AvgIpc) is 3.18. The number of rotatable bonds is 2. The van der Waals surface area contributed by atoms with E-state index in [0.717, 1.165) is 29.1 Å². The van der Waals surface area contributed by atoms with Gasteiger partial charge >= 0.3 is 0 Å².